The van der Waals surface area contributed by atoms with E-state index in [1.807, 2.05) is 0 Å². The zero-order valence-electron chi connectivity index (χ0n) is 14.5. The molecular formula is C19H19NO6. The van der Waals surface area contributed by atoms with Gasteiger partial charge in [0.05, 0.1) is 14.2 Å². The highest BCUT2D eigenvalue weighted by molar-refractivity contribution is 5.99. The molecule has 0 atom stereocenters. The van der Waals surface area contributed by atoms with E-state index in [2.05, 4.69) is 5.32 Å². The lowest BCUT2D eigenvalue weighted by molar-refractivity contribution is -0.141. The third kappa shape index (κ3) is 5.34. The predicted molar refractivity (Wildman–Crippen MR) is 93.6 cm³/mol. The second-order valence-electron chi connectivity index (χ2n) is 5.23. The van der Waals surface area contributed by atoms with Gasteiger partial charge >= 0.3 is 5.97 Å². The number of benzene rings is 2. The average molecular weight is 357 g/mol. The molecule has 2 aromatic rings. The number of hydrogen-bond acceptors (Lipinski definition) is 6. The molecule has 0 unspecified atom stereocenters. The van der Waals surface area contributed by atoms with Crippen LogP contribution < -0.4 is 14.8 Å². The Labute approximate surface area is 150 Å². The molecule has 0 aliphatic heterocycles. The molecule has 2 aromatic carbocycles. The monoisotopic (exact) mass is 357 g/mol. The molecule has 0 heterocycles. The molecule has 0 saturated heterocycles. The van der Waals surface area contributed by atoms with Gasteiger partial charge in [0, 0.05) is 17.2 Å². The Balaban J connectivity index is 1.85. The topological polar surface area (TPSA) is 90.9 Å². The number of nitrogens with one attached hydrogen (secondary N) is 1. The lowest BCUT2D eigenvalue weighted by atomic mass is 10.1. The summed E-state index contributed by atoms with van der Waals surface area (Å²) in [5.74, 6) is -0.620. The average Bonchev–Trinajstić information content (AvgIpc) is 2.70. The molecule has 7 heteroatoms. The van der Waals surface area contributed by atoms with Crippen LogP contribution in [0, 0.1) is 0 Å². The van der Waals surface area contributed by atoms with Crippen molar-refractivity contribution < 1.29 is 28.6 Å². The standard InChI is InChI=1S/C19H19NO6/c1-24-15-8-14(9-16(10-15)25-2)19(23)20-11-18(22)26-12-17(21)13-6-4-3-5-7-13/h3-10H,11-12H2,1-2H3,(H,20,23). The van der Waals surface area contributed by atoms with Crippen LogP contribution in [0.3, 0.4) is 0 Å². The molecule has 0 fully saturated rings. The van der Waals surface area contributed by atoms with Crippen molar-refractivity contribution in [1.82, 2.24) is 5.32 Å². The molecule has 0 bridgehead atoms. The molecule has 0 aromatic heterocycles. The van der Waals surface area contributed by atoms with Crippen LogP contribution in [0.15, 0.2) is 48.5 Å². The van der Waals surface area contributed by atoms with Crippen LogP contribution in [0.4, 0.5) is 0 Å². The van der Waals surface area contributed by atoms with E-state index in [-0.39, 0.29) is 24.5 Å². The van der Waals surface area contributed by atoms with Gasteiger partial charge in [0.2, 0.25) is 0 Å². The molecule has 26 heavy (non-hydrogen) atoms. The molecule has 0 saturated carbocycles. The first-order valence-electron chi connectivity index (χ1n) is 7.78. The molecule has 7 nitrogen and oxygen atoms in total. The molecule has 136 valence electrons. The van der Waals surface area contributed by atoms with Crippen molar-refractivity contribution in [2.24, 2.45) is 0 Å². The van der Waals surface area contributed by atoms with Crippen LogP contribution >= 0.6 is 0 Å². The lowest BCUT2D eigenvalue weighted by Gasteiger charge is -2.09. The van der Waals surface area contributed by atoms with Crippen molar-refractivity contribution in [3.8, 4) is 11.5 Å². The number of hydrogen-bond donors (Lipinski definition) is 1. The number of esters is 1. The van der Waals surface area contributed by atoms with Gasteiger partial charge < -0.3 is 19.5 Å². The zero-order chi connectivity index (χ0) is 18.9. The van der Waals surface area contributed by atoms with Crippen molar-refractivity contribution in [3.05, 3.63) is 59.7 Å². The fraction of sp³-hybridized carbons (Fsp3) is 0.211. The normalized spacial score (nSPS) is 9.92. The first-order valence-corrected chi connectivity index (χ1v) is 7.78. The van der Waals surface area contributed by atoms with E-state index in [1.54, 1.807) is 36.4 Å². The van der Waals surface area contributed by atoms with Gasteiger partial charge in [-0.1, -0.05) is 30.3 Å². The third-order valence-corrected chi connectivity index (χ3v) is 3.47. The molecule has 0 radical (unpaired) electrons. The zero-order valence-corrected chi connectivity index (χ0v) is 14.5. The van der Waals surface area contributed by atoms with Crippen molar-refractivity contribution in [2.45, 2.75) is 0 Å². The van der Waals surface area contributed by atoms with Crippen molar-refractivity contribution in [3.63, 3.8) is 0 Å². The Morgan fingerprint density at radius 1 is 0.885 bits per heavy atom. The van der Waals surface area contributed by atoms with Gasteiger partial charge in [-0.05, 0) is 12.1 Å². The summed E-state index contributed by atoms with van der Waals surface area (Å²) in [5.41, 5.74) is 0.724. The van der Waals surface area contributed by atoms with Crippen LogP contribution in [-0.4, -0.2) is 45.0 Å². The van der Waals surface area contributed by atoms with Crippen LogP contribution in [0.5, 0.6) is 11.5 Å². The summed E-state index contributed by atoms with van der Waals surface area (Å²) in [6.07, 6.45) is 0. The summed E-state index contributed by atoms with van der Waals surface area (Å²) in [6.45, 7) is -0.744. The number of ketones is 1. The maximum absolute atomic E-state index is 12.1. The summed E-state index contributed by atoms with van der Waals surface area (Å²) in [7, 11) is 2.94. The van der Waals surface area contributed by atoms with Gasteiger partial charge in [0.1, 0.15) is 18.0 Å². The third-order valence-electron chi connectivity index (χ3n) is 3.47. The second kappa shape index (κ2) is 9.22. The Bertz CT molecular complexity index is 766. The summed E-state index contributed by atoms with van der Waals surface area (Å²) in [6, 6.07) is 13.1. The van der Waals surface area contributed by atoms with Gasteiger partial charge in [-0.3, -0.25) is 14.4 Å². The molecule has 1 amide bonds. The molecular weight excluding hydrogens is 338 g/mol. The highest BCUT2D eigenvalue weighted by atomic mass is 16.5. The molecule has 2 rings (SSSR count). The van der Waals surface area contributed by atoms with Crippen LogP contribution in [-0.2, 0) is 9.53 Å². The van der Waals surface area contributed by atoms with Gasteiger partial charge in [0.25, 0.3) is 5.91 Å². The summed E-state index contributed by atoms with van der Waals surface area (Å²) >= 11 is 0. The van der Waals surface area contributed by atoms with E-state index >= 15 is 0 Å². The van der Waals surface area contributed by atoms with Gasteiger partial charge in [-0.25, -0.2) is 0 Å². The fourth-order valence-corrected chi connectivity index (χ4v) is 2.10. The SMILES string of the molecule is COc1cc(OC)cc(C(=O)NCC(=O)OCC(=O)c2ccccc2)c1. The smallest absolute Gasteiger partial charge is 0.325 e. The Morgan fingerprint density at radius 2 is 1.50 bits per heavy atom. The Kier molecular flexibility index (Phi) is 6.73. The van der Waals surface area contributed by atoms with Crippen LogP contribution in [0.25, 0.3) is 0 Å². The maximum Gasteiger partial charge on any atom is 0.325 e. The predicted octanol–water partition coefficient (Wildman–Crippen LogP) is 1.86. The van der Waals surface area contributed by atoms with E-state index in [0.717, 1.165) is 0 Å². The van der Waals surface area contributed by atoms with Crippen molar-refractivity contribution in [2.75, 3.05) is 27.4 Å². The molecule has 1 N–H and O–H groups in total. The minimum Gasteiger partial charge on any atom is -0.497 e. The van der Waals surface area contributed by atoms with E-state index in [1.165, 1.54) is 26.4 Å². The minimum atomic E-state index is -0.711. The fourth-order valence-electron chi connectivity index (χ4n) is 2.10. The number of rotatable bonds is 8. The van der Waals surface area contributed by atoms with E-state index in [4.69, 9.17) is 14.2 Å². The summed E-state index contributed by atoms with van der Waals surface area (Å²) < 4.78 is 15.1. The molecule has 0 aliphatic carbocycles. The highest BCUT2D eigenvalue weighted by Crippen LogP contribution is 2.22. The van der Waals surface area contributed by atoms with Crippen molar-refractivity contribution >= 4 is 17.7 Å². The van der Waals surface area contributed by atoms with Crippen molar-refractivity contribution in [1.29, 1.82) is 0 Å². The molecule has 0 aliphatic rings. The number of methoxy groups -OCH3 is 2. The van der Waals surface area contributed by atoms with E-state index in [9.17, 15) is 14.4 Å². The highest BCUT2D eigenvalue weighted by Gasteiger charge is 2.13. The Hall–Kier alpha value is -3.35. The van der Waals surface area contributed by atoms with Gasteiger partial charge in [-0.15, -0.1) is 0 Å². The van der Waals surface area contributed by atoms with Crippen LogP contribution in [0.2, 0.25) is 0 Å². The summed E-state index contributed by atoms with van der Waals surface area (Å²) in [5, 5.41) is 2.43. The number of ether oxygens (including phenoxy) is 3. The first-order chi connectivity index (χ1) is 12.5. The number of carbonyl (C=O) groups excluding carboxylic acids is 3. The number of carbonyl (C=O) groups is 3. The number of amides is 1. The second-order valence-corrected chi connectivity index (χ2v) is 5.23. The molecule has 0 spiro atoms. The lowest BCUT2D eigenvalue weighted by Crippen LogP contribution is -2.31. The Morgan fingerprint density at radius 3 is 2.08 bits per heavy atom. The van der Waals surface area contributed by atoms with E-state index < -0.39 is 11.9 Å². The van der Waals surface area contributed by atoms with Gasteiger partial charge in [0.15, 0.2) is 12.4 Å². The first kappa shape index (κ1) is 19.0. The summed E-state index contributed by atoms with van der Waals surface area (Å²) in [4.78, 5) is 35.7. The maximum atomic E-state index is 12.1. The minimum absolute atomic E-state index is 0.273. The van der Waals surface area contributed by atoms with Gasteiger partial charge in [-0.2, -0.15) is 0 Å². The largest absolute Gasteiger partial charge is 0.497 e. The van der Waals surface area contributed by atoms with E-state index in [0.29, 0.717) is 17.1 Å². The number of Topliss-reactive ketones (excluding diaryl/α,β-unsaturated/α-hetero) is 1. The quantitative estimate of drug-likeness (QED) is 0.573. The van der Waals surface area contributed by atoms with Crippen LogP contribution in [0.1, 0.15) is 20.7 Å².